The smallest absolute Gasteiger partial charge is 0.302 e. The van der Waals surface area contributed by atoms with E-state index >= 15 is 0 Å². The molecule has 0 bridgehead atoms. The highest BCUT2D eigenvalue weighted by Gasteiger charge is 2.32. The highest BCUT2D eigenvalue weighted by molar-refractivity contribution is 9.10. The fourth-order valence-electron chi connectivity index (χ4n) is 1.51. The van der Waals surface area contributed by atoms with E-state index in [2.05, 4.69) is 20.9 Å². The first-order valence-electron chi connectivity index (χ1n) is 5.47. The third-order valence-corrected chi connectivity index (χ3v) is 2.86. The van der Waals surface area contributed by atoms with Gasteiger partial charge in [-0.05, 0) is 29.8 Å². The van der Waals surface area contributed by atoms with Gasteiger partial charge in [-0.3, -0.25) is 0 Å². The van der Waals surface area contributed by atoms with Crippen molar-refractivity contribution in [1.82, 2.24) is 9.97 Å². The highest BCUT2D eigenvalue weighted by atomic mass is 79.9. The molecule has 20 heavy (non-hydrogen) atoms. The first-order valence-corrected chi connectivity index (χ1v) is 6.26. The van der Waals surface area contributed by atoms with Crippen molar-refractivity contribution in [3.63, 3.8) is 0 Å². The maximum atomic E-state index is 12.5. The second-order valence-electron chi connectivity index (χ2n) is 3.91. The summed E-state index contributed by atoms with van der Waals surface area (Å²) in [7, 11) is 0. The zero-order valence-corrected chi connectivity index (χ0v) is 11.5. The Morgan fingerprint density at radius 2 is 1.95 bits per heavy atom. The van der Waals surface area contributed by atoms with E-state index in [1.54, 1.807) is 29.3 Å². The Morgan fingerprint density at radius 1 is 1.20 bits per heavy atom. The molecule has 0 atom stereocenters. The molecule has 0 amide bonds. The molecule has 104 valence electrons. The van der Waals surface area contributed by atoms with Crippen LogP contribution < -0.4 is 5.69 Å². The summed E-state index contributed by atoms with van der Waals surface area (Å²) in [6.45, 7) is 0. The lowest BCUT2D eigenvalue weighted by molar-refractivity contribution is -0.141. The summed E-state index contributed by atoms with van der Waals surface area (Å²) >= 11 is 3.28. The second-order valence-corrected chi connectivity index (χ2v) is 4.83. The second kappa shape index (κ2) is 5.62. The molecule has 0 aliphatic heterocycles. The van der Waals surface area contributed by atoms with Crippen LogP contribution in [0.1, 0.15) is 17.0 Å². The van der Waals surface area contributed by atoms with Crippen molar-refractivity contribution < 1.29 is 13.2 Å². The van der Waals surface area contributed by atoms with E-state index in [-0.39, 0.29) is 5.69 Å². The Kier molecular flexibility index (Phi) is 4.08. The van der Waals surface area contributed by atoms with E-state index in [1.165, 1.54) is 6.08 Å². The number of nitrogens with one attached hydrogen (secondary N) is 1. The maximum Gasteiger partial charge on any atom is 0.431 e. The molecule has 0 aliphatic carbocycles. The van der Waals surface area contributed by atoms with E-state index in [0.29, 0.717) is 0 Å². The summed E-state index contributed by atoms with van der Waals surface area (Å²) in [4.78, 5) is 16.3. The van der Waals surface area contributed by atoms with E-state index in [0.717, 1.165) is 16.1 Å². The number of benzene rings is 1. The first-order chi connectivity index (χ1) is 9.34. The SMILES string of the molecule is O=c1nc(C=Cc2cccc(Br)c2)cc(C(F)(F)F)[nH]1. The van der Waals surface area contributed by atoms with Crippen molar-refractivity contribution in [2.24, 2.45) is 0 Å². The van der Waals surface area contributed by atoms with Gasteiger partial charge in [0.05, 0.1) is 5.69 Å². The van der Waals surface area contributed by atoms with Crippen LogP contribution in [-0.2, 0) is 6.18 Å². The predicted molar refractivity (Wildman–Crippen MR) is 72.9 cm³/mol. The molecule has 0 saturated carbocycles. The molecule has 0 saturated heterocycles. The Bertz CT molecular complexity index is 707. The van der Waals surface area contributed by atoms with Crippen LogP contribution in [0.15, 0.2) is 39.6 Å². The zero-order chi connectivity index (χ0) is 14.8. The number of rotatable bonds is 2. The third-order valence-electron chi connectivity index (χ3n) is 2.37. The van der Waals surface area contributed by atoms with Crippen LogP contribution in [0.2, 0.25) is 0 Å². The summed E-state index contributed by atoms with van der Waals surface area (Å²) in [5.41, 5.74) is -1.43. The summed E-state index contributed by atoms with van der Waals surface area (Å²) in [6.07, 6.45) is -1.68. The van der Waals surface area contributed by atoms with Gasteiger partial charge < -0.3 is 4.98 Å². The lowest BCUT2D eigenvalue weighted by Crippen LogP contribution is -2.19. The molecule has 0 radical (unpaired) electrons. The minimum absolute atomic E-state index is 0.0546. The molecule has 1 aromatic heterocycles. The van der Waals surface area contributed by atoms with Gasteiger partial charge in [0.2, 0.25) is 0 Å². The van der Waals surface area contributed by atoms with Crippen molar-refractivity contribution in [3.8, 4) is 0 Å². The lowest BCUT2D eigenvalue weighted by atomic mass is 10.2. The number of hydrogen-bond acceptors (Lipinski definition) is 2. The van der Waals surface area contributed by atoms with E-state index in [9.17, 15) is 18.0 Å². The quantitative estimate of drug-likeness (QED) is 0.902. The molecule has 7 heteroatoms. The standard InChI is InChI=1S/C13H8BrF3N2O/c14-9-3-1-2-8(6-9)4-5-10-7-11(13(15,16)17)19-12(20)18-10/h1-7H,(H,18,19,20). The van der Waals surface area contributed by atoms with Gasteiger partial charge in [0.15, 0.2) is 0 Å². The van der Waals surface area contributed by atoms with Crippen molar-refractivity contribution in [2.45, 2.75) is 6.18 Å². The van der Waals surface area contributed by atoms with E-state index < -0.39 is 17.6 Å². The zero-order valence-electron chi connectivity index (χ0n) is 9.91. The van der Waals surface area contributed by atoms with Gasteiger partial charge >= 0.3 is 11.9 Å². The molecule has 0 unspecified atom stereocenters. The van der Waals surface area contributed by atoms with Gasteiger partial charge in [-0.2, -0.15) is 18.2 Å². The highest BCUT2D eigenvalue weighted by Crippen LogP contribution is 2.27. The molecule has 0 aliphatic rings. The first kappa shape index (κ1) is 14.5. The van der Waals surface area contributed by atoms with Gasteiger partial charge in [-0.15, -0.1) is 0 Å². The van der Waals surface area contributed by atoms with Crippen LogP contribution in [-0.4, -0.2) is 9.97 Å². The van der Waals surface area contributed by atoms with Crippen LogP contribution in [0.25, 0.3) is 12.2 Å². The van der Waals surface area contributed by atoms with Gasteiger partial charge in [-0.1, -0.05) is 34.1 Å². The number of hydrogen-bond donors (Lipinski definition) is 1. The average molecular weight is 345 g/mol. The van der Waals surface area contributed by atoms with Gasteiger partial charge in [-0.25, -0.2) is 4.79 Å². The monoisotopic (exact) mass is 344 g/mol. The topological polar surface area (TPSA) is 45.8 Å². The molecule has 0 spiro atoms. The molecule has 1 N–H and O–H groups in total. The average Bonchev–Trinajstić information content (AvgIpc) is 2.35. The van der Waals surface area contributed by atoms with E-state index in [4.69, 9.17) is 0 Å². The fourth-order valence-corrected chi connectivity index (χ4v) is 1.92. The van der Waals surface area contributed by atoms with Crippen molar-refractivity contribution in [2.75, 3.05) is 0 Å². The van der Waals surface area contributed by atoms with E-state index in [1.807, 2.05) is 6.07 Å². The Labute approximate surface area is 120 Å². The summed E-state index contributed by atoms with van der Waals surface area (Å²) < 4.78 is 38.4. The summed E-state index contributed by atoms with van der Waals surface area (Å²) in [6, 6.07) is 7.96. The summed E-state index contributed by atoms with van der Waals surface area (Å²) in [5.74, 6) is 0. The molecular formula is C13H8BrF3N2O. The van der Waals surface area contributed by atoms with Crippen LogP contribution >= 0.6 is 15.9 Å². The van der Waals surface area contributed by atoms with Crippen molar-refractivity contribution >= 4 is 28.1 Å². The summed E-state index contributed by atoms with van der Waals surface area (Å²) in [5, 5.41) is 0. The number of alkyl halides is 3. The van der Waals surface area contributed by atoms with Crippen molar-refractivity contribution in [3.05, 3.63) is 62.2 Å². The Balaban J connectivity index is 2.34. The molecule has 1 heterocycles. The molecule has 3 nitrogen and oxygen atoms in total. The minimum atomic E-state index is -4.61. The largest absolute Gasteiger partial charge is 0.431 e. The maximum absolute atomic E-state index is 12.5. The van der Waals surface area contributed by atoms with Crippen LogP contribution in [0.5, 0.6) is 0 Å². The van der Waals surface area contributed by atoms with Crippen LogP contribution in [0, 0.1) is 0 Å². The number of aromatic amines is 1. The number of nitrogens with zero attached hydrogens (tertiary/aromatic N) is 1. The molecular weight excluding hydrogens is 337 g/mol. The van der Waals surface area contributed by atoms with Crippen LogP contribution in [0.4, 0.5) is 13.2 Å². The predicted octanol–water partition coefficient (Wildman–Crippen LogP) is 3.72. The van der Waals surface area contributed by atoms with Crippen molar-refractivity contribution in [1.29, 1.82) is 0 Å². The molecule has 2 aromatic rings. The minimum Gasteiger partial charge on any atom is -0.302 e. The molecule has 2 rings (SSSR count). The fraction of sp³-hybridized carbons (Fsp3) is 0.0769. The Morgan fingerprint density at radius 3 is 2.60 bits per heavy atom. The number of aromatic nitrogens is 2. The molecule has 1 aromatic carbocycles. The van der Waals surface area contributed by atoms with Gasteiger partial charge in [0.1, 0.15) is 5.69 Å². The number of halogens is 4. The third kappa shape index (κ3) is 3.80. The van der Waals surface area contributed by atoms with Crippen LogP contribution in [0.3, 0.4) is 0 Å². The van der Waals surface area contributed by atoms with Gasteiger partial charge in [0.25, 0.3) is 0 Å². The lowest BCUT2D eigenvalue weighted by Gasteiger charge is -2.05. The molecule has 0 fully saturated rings. The number of H-pyrrole nitrogens is 1. The normalized spacial score (nSPS) is 12.0. The van der Waals surface area contributed by atoms with Gasteiger partial charge in [0, 0.05) is 4.47 Å². The Hall–Kier alpha value is -1.89.